The second-order valence-corrected chi connectivity index (χ2v) is 11.0. The van der Waals surface area contributed by atoms with E-state index < -0.39 is 10.0 Å². The van der Waals surface area contributed by atoms with Crippen molar-refractivity contribution in [1.29, 1.82) is 0 Å². The fraction of sp³-hybridized carbons (Fsp3) is 0.440. The van der Waals surface area contributed by atoms with Crippen molar-refractivity contribution in [3.63, 3.8) is 0 Å². The Morgan fingerprint density at radius 1 is 0.944 bits per heavy atom. The molecule has 0 unspecified atom stereocenters. The van der Waals surface area contributed by atoms with Crippen molar-refractivity contribution in [1.82, 2.24) is 9.21 Å². The summed E-state index contributed by atoms with van der Waals surface area (Å²) in [6.45, 7) is 5.40. The molecule has 2 aromatic carbocycles. The zero-order valence-corrected chi connectivity index (χ0v) is 20.8. The van der Waals surface area contributed by atoms with E-state index in [2.05, 4.69) is 10.2 Å². The minimum absolute atomic E-state index is 0.0551. The molecule has 2 saturated heterocycles. The number of nitrogens with one attached hydrogen (secondary N) is 1. The third-order valence-electron chi connectivity index (χ3n) is 6.72. The average Bonchev–Trinajstić information content (AvgIpc) is 3.45. The molecule has 192 valence electrons. The third kappa shape index (κ3) is 5.24. The number of rotatable bonds is 7. The van der Waals surface area contributed by atoms with Gasteiger partial charge in [-0.05, 0) is 49.2 Å². The maximum atomic E-state index is 12.8. The molecule has 3 aliphatic heterocycles. The van der Waals surface area contributed by atoms with Crippen LogP contribution in [0.3, 0.4) is 0 Å². The largest absolute Gasteiger partial charge is 0.481 e. The normalized spacial score (nSPS) is 19.1. The van der Waals surface area contributed by atoms with Gasteiger partial charge in [-0.2, -0.15) is 4.31 Å². The molecule has 2 fully saturated rings. The van der Waals surface area contributed by atoms with Crippen LogP contribution in [0.25, 0.3) is 0 Å². The van der Waals surface area contributed by atoms with Gasteiger partial charge in [-0.3, -0.25) is 14.5 Å². The first-order chi connectivity index (χ1) is 17.4. The van der Waals surface area contributed by atoms with Gasteiger partial charge in [0.15, 0.2) is 6.61 Å². The van der Waals surface area contributed by atoms with Crippen LogP contribution in [0, 0.1) is 0 Å². The van der Waals surface area contributed by atoms with Gasteiger partial charge in [0.25, 0.3) is 11.8 Å². The van der Waals surface area contributed by atoms with Crippen LogP contribution >= 0.6 is 0 Å². The highest BCUT2D eigenvalue weighted by atomic mass is 32.2. The van der Waals surface area contributed by atoms with Gasteiger partial charge in [0.1, 0.15) is 5.75 Å². The molecule has 0 aromatic heterocycles. The Bertz CT molecular complexity index is 1220. The highest BCUT2D eigenvalue weighted by molar-refractivity contribution is 7.89. The van der Waals surface area contributed by atoms with Crippen LogP contribution in [-0.4, -0.2) is 88.5 Å². The van der Waals surface area contributed by atoms with Crippen molar-refractivity contribution >= 4 is 33.2 Å². The lowest BCUT2D eigenvalue weighted by Gasteiger charge is -2.33. The van der Waals surface area contributed by atoms with Crippen molar-refractivity contribution in [2.75, 3.05) is 69.3 Å². The molecule has 1 N–H and O–H groups in total. The van der Waals surface area contributed by atoms with Gasteiger partial charge < -0.3 is 19.7 Å². The number of carbonyl (C=O) groups is 2. The van der Waals surface area contributed by atoms with E-state index in [0.717, 1.165) is 32.5 Å². The number of morpholine rings is 1. The Morgan fingerprint density at radius 2 is 1.67 bits per heavy atom. The van der Waals surface area contributed by atoms with E-state index in [1.807, 2.05) is 0 Å². The molecule has 0 spiro atoms. The number of benzene rings is 2. The zero-order valence-electron chi connectivity index (χ0n) is 20.0. The standard InChI is InChI=1S/C25H30N4O6S/c30-24-18-35-23-17-20(5-8-22(23)29(24)12-11-27-13-15-34-16-14-27)26-25(31)19-3-6-21(7-4-19)36(32,33)28-9-1-2-10-28/h3-8,17H,1-2,9-16,18H2,(H,26,31). The number of sulfonamides is 1. The molecule has 10 nitrogen and oxygen atoms in total. The number of carbonyl (C=O) groups excluding carboxylic acids is 2. The summed E-state index contributed by atoms with van der Waals surface area (Å²) in [5.41, 5.74) is 1.54. The number of amides is 2. The maximum absolute atomic E-state index is 12.8. The van der Waals surface area contributed by atoms with E-state index in [1.54, 1.807) is 23.1 Å². The minimum Gasteiger partial charge on any atom is -0.481 e. The van der Waals surface area contributed by atoms with Gasteiger partial charge in [0, 0.05) is 56.6 Å². The Morgan fingerprint density at radius 3 is 2.39 bits per heavy atom. The maximum Gasteiger partial charge on any atom is 0.265 e. The summed E-state index contributed by atoms with van der Waals surface area (Å²) in [4.78, 5) is 29.5. The van der Waals surface area contributed by atoms with Gasteiger partial charge in [-0.15, -0.1) is 0 Å². The van der Waals surface area contributed by atoms with Crippen molar-refractivity contribution in [3.05, 3.63) is 48.0 Å². The summed E-state index contributed by atoms with van der Waals surface area (Å²) < 4.78 is 37.9. The lowest BCUT2D eigenvalue weighted by Crippen LogP contribution is -2.45. The van der Waals surface area contributed by atoms with Crippen LogP contribution in [-0.2, 0) is 19.6 Å². The lowest BCUT2D eigenvalue weighted by molar-refractivity contribution is -0.121. The molecular formula is C25H30N4O6S. The fourth-order valence-corrected chi connectivity index (χ4v) is 6.17. The smallest absolute Gasteiger partial charge is 0.265 e. The number of nitrogens with zero attached hydrogens (tertiary/aromatic N) is 3. The first-order valence-electron chi connectivity index (χ1n) is 12.2. The van der Waals surface area contributed by atoms with Crippen LogP contribution in [0.2, 0.25) is 0 Å². The molecule has 0 radical (unpaired) electrons. The molecular weight excluding hydrogens is 484 g/mol. The molecule has 0 atom stereocenters. The van der Waals surface area contributed by atoms with E-state index in [0.29, 0.717) is 55.5 Å². The summed E-state index contributed by atoms with van der Waals surface area (Å²) in [5, 5.41) is 2.83. The van der Waals surface area contributed by atoms with Crippen LogP contribution in [0.5, 0.6) is 5.75 Å². The predicted octanol–water partition coefficient (Wildman–Crippen LogP) is 1.78. The first kappa shape index (κ1) is 24.7. The third-order valence-corrected chi connectivity index (χ3v) is 8.64. The summed E-state index contributed by atoms with van der Waals surface area (Å²) in [6.07, 6.45) is 1.73. The van der Waals surface area contributed by atoms with E-state index in [-0.39, 0.29) is 23.3 Å². The number of hydrogen-bond acceptors (Lipinski definition) is 7. The van der Waals surface area contributed by atoms with E-state index in [1.165, 1.54) is 28.6 Å². The Balaban J connectivity index is 1.24. The molecule has 3 heterocycles. The molecule has 0 aliphatic carbocycles. The van der Waals surface area contributed by atoms with Crippen molar-refractivity contribution in [2.45, 2.75) is 17.7 Å². The monoisotopic (exact) mass is 514 g/mol. The summed E-state index contributed by atoms with van der Waals surface area (Å²) >= 11 is 0. The van der Waals surface area contributed by atoms with Crippen LogP contribution in [0.1, 0.15) is 23.2 Å². The first-order valence-corrected chi connectivity index (χ1v) is 13.6. The SMILES string of the molecule is O=C(Nc1ccc2c(c1)OCC(=O)N2CCN1CCOCC1)c1ccc(S(=O)(=O)N2CCCC2)cc1. The minimum atomic E-state index is -3.53. The zero-order chi connectivity index (χ0) is 25.1. The van der Waals surface area contributed by atoms with Crippen molar-refractivity contribution in [2.24, 2.45) is 0 Å². The number of hydrogen-bond donors (Lipinski definition) is 1. The van der Waals surface area contributed by atoms with Crippen molar-refractivity contribution < 1.29 is 27.5 Å². The van der Waals surface area contributed by atoms with Gasteiger partial charge in [0.05, 0.1) is 23.8 Å². The second kappa shape index (κ2) is 10.6. The molecule has 0 bridgehead atoms. The topological polar surface area (TPSA) is 108 Å². The molecule has 36 heavy (non-hydrogen) atoms. The Labute approximate surface area is 210 Å². The number of fused-ring (bicyclic) bond motifs is 1. The number of ether oxygens (including phenoxy) is 2. The van der Waals surface area contributed by atoms with Gasteiger partial charge >= 0.3 is 0 Å². The predicted molar refractivity (Wildman–Crippen MR) is 134 cm³/mol. The highest BCUT2D eigenvalue weighted by Gasteiger charge is 2.28. The van der Waals surface area contributed by atoms with E-state index in [4.69, 9.17) is 9.47 Å². The second-order valence-electron chi connectivity index (χ2n) is 9.06. The molecule has 3 aliphatic rings. The van der Waals surface area contributed by atoms with Crippen LogP contribution < -0.4 is 15.0 Å². The molecule has 2 aromatic rings. The quantitative estimate of drug-likeness (QED) is 0.600. The van der Waals surface area contributed by atoms with E-state index >= 15 is 0 Å². The highest BCUT2D eigenvalue weighted by Crippen LogP contribution is 2.34. The molecule has 5 rings (SSSR count). The Hall–Kier alpha value is -2.99. The summed E-state index contributed by atoms with van der Waals surface area (Å²) in [6, 6.07) is 11.2. The molecule has 2 amide bonds. The van der Waals surface area contributed by atoms with Gasteiger partial charge in [-0.1, -0.05) is 0 Å². The summed E-state index contributed by atoms with van der Waals surface area (Å²) in [5.74, 6) is 0.0640. The van der Waals surface area contributed by atoms with Gasteiger partial charge in [-0.25, -0.2) is 8.42 Å². The van der Waals surface area contributed by atoms with Crippen molar-refractivity contribution in [3.8, 4) is 5.75 Å². The summed E-state index contributed by atoms with van der Waals surface area (Å²) in [7, 11) is -3.53. The van der Waals surface area contributed by atoms with Crippen LogP contribution in [0.15, 0.2) is 47.4 Å². The Kier molecular flexibility index (Phi) is 7.24. The van der Waals surface area contributed by atoms with Gasteiger partial charge in [0.2, 0.25) is 10.0 Å². The number of anilines is 2. The average molecular weight is 515 g/mol. The molecule has 0 saturated carbocycles. The fourth-order valence-electron chi connectivity index (χ4n) is 4.65. The van der Waals surface area contributed by atoms with Crippen LogP contribution in [0.4, 0.5) is 11.4 Å². The molecule has 11 heteroatoms. The lowest BCUT2D eigenvalue weighted by atomic mass is 10.1. The van der Waals surface area contributed by atoms with E-state index in [9.17, 15) is 18.0 Å².